The monoisotopic (exact) mass is 307 g/mol. The van der Waals surface area contributed by atoms with Gasteiger partial charge in [0.2, 0.25) is 0 Å². The van der Waals surface area contributed by atoms with Gasteiger partial charge in [-0.1, -0.05) is 17.7 Å². The van der Waals surface area contributed by atoms with E-state index in [4.69, 9.17) is 16.7 Å². The number of rotatable bonds is 3. The number of thiophene rings is 1. The minimum absolute atomic E-state index is 0.219. The zero-order valence-corrected chi connectivity index (χ0v) is 12.5. The second-order valence-electron chi connectivity index (χ2n) is 5.00. The lowest BCUT2D eigenvalue weighted by Gasteiger charge is -2.17. The molecule has 0 radical (unpaired) electrons. The molecular formula is C15H14ClNO2S. The van der Waals surface area contributed by atoms with Gasteiger partial charge in [0.15, 0.2) is 0 Å². The predicted octanol–water partition coefficient (Wildman–Crippen LogP) is 4.51. The van der Waals surface area contributed by atoms with Gasteiger partial charge >= 0.3 is 5.97 Å². The van der Waals surface area contributed by atoms with Gasteiger partial charge in [0, 0.05) is 10.6 Å². The predicted molar refractivity (Wildman–Crippen MR) is 82.2 cm³/mol. The van der Waals surface area contributed by atoms with Gasteiger partial charge in [-0.2, -0.15) is 0 Å². The van der Waals surface area contributed by atoms with Crippen molar-refractivity contribution in [1.29, 1.82) is 0 Å². The van der Waals surface area contributed by atoms with Crippen molar-refractivity contribution < 1.29 is 9.90 Å². The molecule has 1 aliphatic rings. The molecule has 5 heteroatoms. The van der Waals surface area contributed by atoms with Crippen molar-refractivity contribution in [3.05, 3.63) is 50.2 Å². The molecule has 2 N–H and O–H groups in total. The summed E-state index contributed by atoms with van der Waals surface area (Å²) in [5, 5.41) is 12.5. The number of aryl methyl sites for hydroxylation is 2. The number of fused-ring (bicyclic) bond motifs is 1. The van der Waals surface area contributed by atoms with Crippen LogP contribution in [0.4, 0.5) is 5.69 Å². The Balaban J connectivity index is 1.88. The van der Waals surface area contributed by atoms with E-state index >= 15 is 0 Å². The van der Waals surface area contributed by atoms with E-state index in [0.29, 0.717) is 5.56 Å². The fourth-order valence-corrected chi connectivity index (χ4v) is 3.94. The van der Waals surface area contributed by atoms with Crippen molar-refractivity contribution in [1.82, 2.24) is 0 Å². The molecule has 104 valence electrons. The Hall–Kier alpha value is -1.52. The number of hydrogen-bond acceptors (Lipinski definition) is 3. The van der Waals surface area contributed by atoms with Gasteiger partial charge in [-0.25, -0.2) is 4.79 Å². The van der Waals surface area contributed by atoms with E-state index in [0.717, 1.165) is 28.4 Å². The summed E-state index contributed by atoms with van der Waals surface area (Å²) in [6.45, 7) is 1.98. The Morgan fingerprint density at radius 3 is 3.00 bits per heavy atom. The zero-order valence-electron chi connectivity index (χ0n) is 10.9. The van der Waals surface area contributed by atoms with Gasteiger partial charge in [-0.3, -0.25) is 0 Å². The van der Waals surface area contributed by atoms with Crippen LogP contribution in [-0.2, 0) is 6.42 Å². The molecular weight excluding hydrogens is 294 g/mol. The van der Waals surface area contributed by atoms with Crippen molar-refractivity contribution in [2.45, 2.75) is 25.8 Å². The molecule has 1 aliphatic carbocycles. The standard InChI is InChI=1S/C15H14ClNO2S/c1-8-2-3-9(15(18)19)6-12(8)17-11-4-5-13-10(11)7-14(16)20-13/h2-3,6-7,11,17H,4-5H2,1H3,(H,18,19). The molecule has 3 rings (SSSR count). The van der Waals surface area contributed by atoms with E-state index in [9.17, 15) is 4.79 Å². The first kappa shape index (κ1) is 13.5. The van der Waals surface area contributed by atoms with Crippen LogP contribution in [0.15, 0.2) is 24.3 Å². The summed E-state index contributed by atoms with van der Waals surface area (Å²) in [7, 11) is 0. The number of carbonyl (C=O) groups is 1. The van der Waals surface area contributed by atoms with E-state index in [1.165, 1.54) is 10.4 Å². The summed E-state index contributed by atoms with van der Waals surface area (Å²) < 4.78 is 0.817. The molecule has 2 aromatic rings. The zero-order chi connectivity index (χ0) is 14.3. The molecule has 20 heavy (non-hydrogen) atoms. The minimum atomic E-state index is -0.904. The third-order valence-electron chi connectivity index (χ3n) is 3.66. The Morgan fingerprint density at radius 1 is 1.45 bits per heavy atom. The molecule has 0 saturated heterocycles. The van der Waals surface area contributed by atoms with Gasteiger partial charge in [0.05, 0.1) is 15.9 Å². The molecule has 3 nitrogen and oxygen atoms in total. The second kappa shape index (κ2) is 5.11. The Morgan fingerprint density at radius 2 is 2.25 bits per heavy atom. The van der Waals surface area contributed by atoms with Crippen LogP contribution in [-0.4, -0.2) is 11.1 Å². The average molecular weight is 308 g/mol. The van der Waals surface area contributed by atoms with Crippen molar-refractivity contribution >= 4 is 34.6 Å². The van der Waals surface area contributed by atoms with Crippen LogP contribution >= 0.6 is 22.9 Å². The fourth-order valence-electron chi connectivity index (χ4n) is 2.58. The smallest absolute Gasteiger partial charge is 0.335 e. The summed E-state index contributed by atoms with van der Waals surface area (Å²) in [6.07, 6.45) is 2.05. The van der Waals surface area contributed by atoms with E-state index in [1.807, 2.05) is 19.1 Å². The van der Waals surface area contributed by atoms with Gasteiger partial charge in [-0.15, -0.1) is 11.3 Å². The van der Waals surface area contributed by atoms with Crippen molar-refractivity contribution in [3.63, 3.8) is 0 Å². The van der Waals surface area contributed by atoms with Crippen LogP contribution in [0.5, 0.6) is 0 Å². The molecule has 1 aromatic carbocycles. The van der Waals surface area contributed by atoms with Crippen LogP contribution in [0.25, 0.3) is 0 Å². The van der Waals surface area contributed by atoms with Crippen molar-refractivity contribution in [2.24, 2.45) is 0 Å². The molecule has 0 saturated carbocycles. The first-order chi connectivity index (χ1) is 9.54. The number of nitrogens with one attached hydrogen (secondary N) is 1. The minimum Gasteiger partial charge on any atom is -0.478 e. The maximum atomic E-state index is 11.1. The number of hydrogen-bond donors (Lipinski definition) is 2. The lowest BCUT2D eigenvalue weighted by molar-refractivity contribution is 0.0697. The van der Waals surface area contributed by atoms with Crippen LogP contribution in [0.1, 0.15) is 38.8 Å². The molecule has 1 aromatic heterocycles. The topological polar surface area (TPSA) is 49.3 Å². The van der Waals surface area contributed by atoms with Gasteiger partial charge in [-0.05, 0) is 49.1 Å². The number of aromatic carboxylic acids is 1. The highest BCUT2D eigenvalue weighted by molar-refractivity contribution is 7.16. The van der Waals surface area contributed by atoms with Crippen molar-refractivity contribution in [3.8, 4) is 0 Å². The first-order valence-electron chi connectivity index (χ1n) is 6.43. The Kier molecular flexibility index (Phi) is 3.44. The van der Waals surface area contributed by atoms with Crippen LogP contribution in [0, 0.1) is 6.92 Å². The first-order valence-corrected chi connectivity index (χ1v) is 7.62. The largest absolute Gasteiger partial charge is 0.478 e. The number of anilines is 1. The van der Waals surface area contributed by atoms with Crippen LogP contribution in [0.2, 0.25) is 4.34 Å². The highest BCUT2D eigenvalue weighted by Crippen LogP contribution is 2.41. The Bertz CT molecular complexity index is 681. The molecule has 1 heterocycles. The second-order valence-corrected chi connectivity index (χ2v) is 6.77. The number of carboxylic acid groups (broad SMARTS) is 1. The molecule has 1 unspecified atom stereocenters. The SMILES string of the molecule is Cc1ccc(C(=O)O)cc1NC1CCc2sc(Cl)cc21. The highest BCUT2D eigenvalue weighted by Gasteiger charge is 2.25. The van der Waals surface area contributed by atoms with E-state index < -0.39 is 5.97 Å². The summed E-state index contributed by atoms with van der Waals surface area (Å²) in [5.74, 6) is -0.904. The van der Waals surface area contributed by atoms with E-state index in [1.54, 1.807) is 23.5 Å². The third kappa shape index (κ3) is 2.41. The molecule has 0 bridgehead atoms. The summed E-state index contributed by atoms with van der Waals surface area (Å²) in [4.78, 5) is 12.4. The van der Waals surface area contributed by atoms with Crippen LogP contribution < -0.4 is 5.32 Å². The van der Waals surface area contributed by atoms with Crippen molar-refractivity contribution in [2.75, 3.05) is 5.32 Å². The van der Waals surface area contributed by atoms with Crippen LogP contribution in [0.3, 0.4) is 0 Å². The number of benzene rings is 1. The normalized spacial score (nSPS) is 17.0. The summed E-state index contributed by atoms with van der Waals surface area (Å²) >= 11 is 7.69. The lowest BCUT2D eigenvalue weighted by atomic mass is 10.1. The van der Waals surface area contributed by atoms with E-state index in [-0.39, 0.29) is 6.04 Å². The molecule has 0 aliphatic heterocycles. The maximum absolute atomic E-state index is 11.1. The fraction of sp³-hybridized carbons (Fsp3) is 0.267. The molecule has 0 fully saturated rings. The lowest BCUT2D eigenvalue weighted by Crippen LogP contribution is -2.09. The number of halogens is 1. The quantitative estimate of drug-likeness (QED) is 0.877. The maximum Gasteiger partial charge on any atom is 0.335 e. The average Bonchev–Trinajstić information content (AvgIpc) is 2.92. The molecule has 0 spiro atoms. The van der Waals surface area contributed by atoms with Gasteiger partial charge in [0.1, 0.15) is 0 Å². The third-order valence-corrected chi connectivity index (χ3v) is 5.00. The van der Waals surface area contributed by atoms with Gasteiger partial charge < -0.3 is 10.4 Å². The molecule has 1 atom stereocenters. The van der Waals surface area contributed by atoms with Gasteiger partial charge in [0.25, 0.3) is 0 Å². The molecule has 0 amide bonds. The number of carboxylic acids is 1. The summed E-state index contributed by atoms with van der Waals surface area (Å²) in [6, 6.07) is 7.40. The Labute approximate surface area is 126 Å². The summed E-state index contributed by atoms with van der Waals surface area (Å²) in [5.41, 5.74) is 3.48. The van der Waals surface area contributed by atoms with E-state index in [2.05, 4.69) is 5.32 Å². The highest BCUT2D eigenvalue weighted by atomic mass is 35.5.